The van der Waals surface area contributed by atoms with Crippen molar-refractivity contribution in [2.75, 3.05) is 5.75 Å². The number of benzene rings is 2. The highest BCUT2D eigenvalue weighted by atomic mass is 32.2. The molecule has 0 spiro atoms. The van der Waals surface area contributed by atoms with Crippen molar-refractivity contribution in [1.82, 2.24) is 0 Å². The Bertz CT molecular complexity index is 734. The number of aryl methyl sites for hydroxylation is 1. The summed E-state index contributed by atoms with van der Waals surface area (Å²) in [6.07, 6.45) is 0. The number of carbonyl (C=O) groups excluding carboxylic acids is 1. The van der Waals surface area contributed by atoms with Gasteiger partial charge in [0, 0.05) is 5.56 Å². The van der Waals surface area contributed by atoms with Gasteiger partial charge in [-0.25, -0.2) is 12.8 Å². The quantitative estimate of drug-likeness (QED) is 0.814. The Morgan fingerprint density at radius 3 is 2.35 bits per heavy atom. The van der Waals surface area contributed by atoms with Crippen LogP contribution in [-0.4, -0.2) is 20.0 Å². The predicted molar refractivity (Wildman–Crippen MR) is 74.0 cm³/mol. The first-order chi connectivity index (χ1) is 9.38. The summed E-state index contributed by atoms with van der Waals surface area (Å²) in [6.45, 7) is 1.78. The first-order valence-corrected chi connectivity index (χ1v) is 7.62. The topological polar surface area (TPSA) is 51.2 Å². The fraction of sp³-hybridized carbons (Fsp3) is 0.133. The van der Waals surface area contributed by atoms with Gasteiger partial charge in [-0.05, 0) is 48.9 Å². The minimum atomic E-state index is -3.68. The summed E-state index contributed by atoms with van der Waals surface area (Å²) in [5.74, 6) is -1.64. The third-order valence-electron chi connectivity index (χ3n) is 2.84. The second-order valence-corrected chi connectivity index (χ2v) is 6.50. The monoisotopic (exact) mass is 292 g/mol. The molecule has 0 aromatic heterocycles. The molecule has 104 valence electrons. The summed E-state index contributed by atoms with van der Waals surface area (Å²) in [7, 11) is -3.68. The Morgan fingerprint density at radius 2 is 1.75 bits per heavy atom. The van der Waals surface area contributed by atoms with Crippen LogP contribution in [0.3, 0.4) is 0 Å². The maximum absolute atomic E-state index is 12.8. The van der Waals surface area contributed by atoms with Gasteiger partial charge in [-0.2, -0.15) is 0 Å². The SMILES string of the molecule is Cc1cccc(S(=O)(=O)CC(=O)c2ccc(F)cc2)c1. The first-order valence-electron chi connectivity index (χ1n) is 5.97. The van der Waals surface area contributed by atoms with Crippen LogP contribution >= 0.6 is 0 Å². The summed E-state index contributed by atoms with van der Waals surface area (Å²) in [4.78, 5) is 12.0. The predicted octanol–water partition coefficient (Wildman–Crippen LogP) is 2.79. The van der Waals surface area contributed by atoms with Crippen molar-refractivity contribution in [2.45, 2.75) is 11.8 Å². The standard InChI is InChI=1S/C15H13FO3S/c1-11-3-2-4-14(9-11)20(18,19)10-15(17)12-5-7-13(16)8-6-12/h2-9H,10H2,1H3. The molecule has 0 aliphatic heterocycles. The number of hydrogen-bond donors (Lipinski definition) is 0. The van der Waals surface area contributed by atoms with Gasteiger partial charge in [0.1, 0.15) is 11.6 Å². The molecule has 0 aliphatic carbocycles. The third-order valence-corrected chi connectivity index (χ3v) is 4.45. The van der Waals surface area contributed by atoms with E-state index in [1.54, 1.807) is 19.1 Å². The minimum Gasteiger partial charge on any atom is -0.293 e. The molecule has 0 saturated heterocycles. The lowest BCUT2D eigenvalue weighted by Gasteiger charge is -2.05. The first kappa shape index (κ1) is 14.4. The van der Waals surface area contributed by atoms with Gasteiger partial charge >= 0.3 is 0 Å². The summed E-state index contributed by atoms with van der Waals surface area (Å²) in [5.41, 5.74) is 0.989. The number of halogens is 1. The van der Waals surface area contributed by atoms with E-state index in [0.29, 0.717) is 0 Å². The van der Waals surface area contributed by atoms with Gasteiger partial charge in [0.2, 0.25) is 0 Å². The lowest BCUT2D eigenvalue weighted by atomic mass is 10.1. The zero-order valence-corrected chi connectivity index (χ0v) is 11.7. The Balaban J connectivity index is 2.24. The van der Waals surface area contributed by atoms with E-state index in [-0.39, 0.29) is 10.5 Å². The number of carbonyl (C=O) groups is 1. The minimum absolute atomic E-state index is 0.118. The molecule has 0 unspecified atom stereocenters. The van der Waals surface area contributed by atoms with E-state index in [1.165, 1.54) is 24.3 Å². The maximum Gasteiger partial charge on any atom is 0.185 e. The van der Waals surface area contributed by atoms with Crippen LogP contribution in [0.1, 0.15) is 15.9 Å². The van der Waals surface area contributed by atoms with E-state index in [1.807, 2.05) is 0 Å². The molecule has 0 aliphatic rings. The largest absolute Gasteiger partial charge is 0.293 e. The van der Waals surface area contributed by atoms with Crippen molar-refractivity contribution in [3.05, 3.63) is 65.5 Å². The highest BCUT2D eigenvalue weighted by Gasteiger charge is 2.20. The Kier molecular flexibility index (Phi) is 3.99. The normalized spacial score (nSPS) is 11.3. The number of sulfone groups is 1. The van der Waals surface area contributed by atoms with Crippen LogP contribution in [0.25, 0.3) is 0 Å². The summed E-state index contributed by atoms with van der Waals surface area (Å²) in [6, 6.07) is 11.2. The van der Waals surface area contributed by atoms with E-state index >= 15 is 0 Å². The van der Waals surface area contributed by atoms with Gasteiger partial charge in [-0.3, -0.25) is 4.79 Å². The lowest BCUT2D eigenvalue weighted by molar-refractivity contribution is 0.102. The maximum atomic E-state index is 12.8. The molecule has 0 heterocycles. The molecule has 2 aromatic carbocycles. The molecule has 0 bridgehead atoms. The molecule has 0 saturated carbocycles. The average Bonchev–Trinajstić information content (AvgIpc) is 2.39. The van der Waals surface area contributed by atoms with Crippen LogP contribution < -0.4 is 0 Å². The van der Waals surface area contributed by atoms with Crippen molar-refractivity contribution in [3.8, 4) is 0 Å². The Labute approximate surface area is 117 Å². The number of rotatable bonds is 4. The van der Waals surface area contributed by atoms with Crippen molar-refractivity contribution in [2.24, 2.45) is 0 Å². The Morgan fingerprint density at radius 1 is 1.10 bits per heavy atom. The zero-order chi connectivity index (χ0) is 14.8. The number of ketones is 1. The summed E-state index contributed by atoms with van der Waals surface area (Å²) < 4.78 is 37.0. The molecule has 20 heavy (non-hydrogen) atoms. The van der Waals surface area contributed by atoms with E-state index in [0.717, 1.165) is 17.7 Å². The van der Waals surface area contributed by atoms with Gasteiger partial charge in [0.15, 0.2) is 15.6 Å². The molecule has 0 atom stereocenters. The van der Waals surface area contributed by atoms with Crippen LogP contribution in [0, 0.1) is 12.7 Å². The van der Waals surface area contributed by atoms with Gasteiger partial charge in [-0.1, -0.05) is 12.1 Å². The van der Waals surface area contributed by atoms with Crippen molar-refractivity contribution in [3.63, 3.8) is 0 Å². The van der Waals surface area contributed by atoms with Gasteiger partial charge in [-0.15, -0.1) is 0 Å². The van der Waals surface area contributed by atoms with E-state index in [2.05, 4.69) is 0 Å². The average molecular weight is 292 g/mol. The summed E-state index contributed by atoms with van der Waals surface area (Å²) in [5, 5.41) is 0. The third kappa shape index (κ3) is 3.30. The number of hydrogen-bond acceptors (Lipinski definition) is 3. The van der Waals surface area contributed by atoms with Crippen LogP contribution in [0.5, 0.6) is 0 Å². The van der Waals surface area contributed by atoms with Crippen LogP contribution in [0.15, 0.2) is 53.4 Å². The highest BCUT2D eigenvalue weighted by molar-refractivity contribution is 7.92. The van der Waals surface area contributed by atoms with Gasteiger partial charge in [0.05, 0.1) is 4.90 Å². The molecule has 0 radical (unpaired) electrons. The molecule has 2 aromatic rings. The molecular formula is C15H13FO3S. The molecular weight excluding hydrogens is 279 g/mol. The van der Waals surface area contributed by atoms with Crippen LogP contribution in [-0.2, 0) is 9.84 Å². The van der Waals surface area contributed by atoms with Crippen molar-refractivity contribution in [1.29, 1.82) is 0 Å². The van der Waals surface area contributed by atoms with Gasteiger partial charge < -0.3 is 0 Å². The van der Waals surface area contributed by atoms with Gasteiger partial charge in [0.25, 0.3) is 0 Å². The fourth-order valence-electron chi connectivity index (χ4n) is 1.78. The van der Waals surface area contributed by atoms with E-state index in [9.17, 15) is 17.6 Å². The van der Waals surface area contributed by atoms with E-state index in [4.69, 9.17) is 0 Å². The van der Waals surface area contributed by atoms with E-state index < -0.39 is 27.2 Å². The highest BCUT2D eigenvalue weighted by Crippen LogP contribution is 2.15. The lowest BCUT2D eigenvalue weighted by Crippen LogP contribution is -2.16. The Hall–Kier alpha value is -2.01. The molecule has 0 amide bonds. The van der Waals surface area contributed by atoms with Crippen LogP contribution in [0.2, 0.25) is 0 Å². The fourth-order valence-corrected chi connectivity index (χ4v) is 3.11. The molecule has 2 rings (SSSR count). The van der Waals surface area contributed by atoms with Crippen molar-refractivity contribution < 1.29 is 17.6 Å². The van der Waals surface area contributed by atoms with Crippen molar-refractivity contribution >= 4 is 15.6 Å². The second kappa shape index (κ2) is 5.54. The molecule has 0 N–H and O–H groups in total. The molecule has 0 fully saturated rings. The van der Waals surface area contributed by atoms with Crippen LogP contribution in [0.4, 0.5) is 4.39 Å². The smallest absolute Gasteiger partial charge is 0.185 e. The summed E-state index contributed by atoms with van der Waals surface area (Å²) >= 11 is 0. The molecule has 5 heteroatoms. The second-order valence-electron chi connectivity index (χ2n) is 4.51. The number of Topliss-reactive ketones (excluding diaryl/α,β-unsaturated/α-hetero) is 1. The zero-order valence-electron chi connectivity index (χ0n) is 10.8. The molecule has 3 nitrogen and oxygen atoms in total.